The average molecular weight is 172 g/mol. The molecule has 1 fully saturated rings. The number of amides is 1. The first kappa shape index (κ1) is 8.46. The van der Waals surface area contributed by atoms with Gasteiger partial charge in [-0.1, -0.05) is 12.2 Å². The first-order valence-corrected chi connectivity index (χ1v) is 4.07. The molecule has 62 valence electrons. The summed E-state index contributed by atoms with van der Waals surface area (Å²) in [6.07, 6.45) is 0.926. The molecule has 11 heavy (non-hydrogen) atoms. The van der Waals surface area contributed by atoms with Crippen molar-refractivity contribution >= 4 is 23.1 Å². The Labute approximate surface area is 71.5 Å². The fourth-order valence-electron chi connectivity index (χ4n) is 1.28. The molecule has 1 saturated heterocycles. The summed E-state index contributed by atoms with van der Waals surface area (Å²) in [4.78, 5) is 13.2. The van der Waals surface area contributed by atoms with Crippen LogP contribution in [0.4, 0.5) is 0 Å². The predicted octanol–water partition coefficient (Wildman–Crippen LogP) is 0.141. The van der Waals surface area contributed by atoms with Gasteiger partial charge in [0.15, 0.2) is 0 Å². The Bertz CT molecular complexity index is 173. The van der Waals surface area contributed by atoms with E-state index in [0.29, 0.717) is 11.5 Å². The molecule has 1 rings (SSSR count). The van der Waals surface area contributed by atoms with Crippen LogP contribution in [0.25, 0.3) is 0 Å². The van der Waals surface area contributed by atoms with Crippen molar-refractivity contribution in [1.29, 1.82) is 0 Å². The highest BCUT2D eigenvalue weighted by atomic mass is 32.1. The van der Waals surface area contributed by atoms with Crippen molar-refractivity contribution in [2.75, 3.05) is 13.1 Å². The largest absolute Gasteiger partial charge is 0.393 e. The predicted molar refractivity (Wildman–Crippen MR) is 47.1 cm³/mol. The van der Waals surface area contributed by atoms with Crippen LogP contribution in [0.2, 0.25) is 0 Å². The zero-order valence-electron chi connectivity index (χ0n) is 6.54. The molecule has 2 N–H and O–H groups in total. The molecule has 0 unspecified atom stereocenters. The Morgan fingerprint density at radius 2 is 2.36 bits per heavy atom. The number of hydrogen-bond donors (Lipinski definition) is 1. The normalized spacial score (nSPS) is 23.7. The third kappa shape index (κ3) is 1.89. The van der Waals surface area contributed by atoms with Gasteiger partial charge in [0.2, 0.25) is 5.91 Å². The Hall–Kier alpha value is -0.640. The van der Waals surface area contributed by atoms with Crippen molar-refractivity contribution in [3.8, 4) is 0 Å². The molecule has 0 aliphatic carbocycles. The molecule has 4 heteroatoms. The third-order valence-corrected chi connectivity index (χ3v) is 2.37. The minimum absolute atomic E-state index is 0.115. The van der Waals surface area contributed by atoms with E-state index in [4.69, 9.17) is 18.0 Å². The van der Waals surface area contributed by atoms with Crippen molar-refractivity contribution in [1.82, 2.24) is 4.90 Å². The van der Waals surface area contributed by atoms with Crippen LogP contribution in [0.15, 0.2) is 0 Å². The summed E-state index contributed by atoms with van der Waals surface area (Å²) in [5, 5.41) is 0. The first-order valence-electron chi connectivity index (χ1n) is 3.66. The number of carbonyl (C=O) groups excluding carboxylic acids is 1. The van der Waals surface area contributed by atoms with Crippen LogP contribution >= 0.6 is 12.2 Å². The van der Waals surface area contributed by atoms with E-state index in [1.165, 1.54) is 0 Å². The summed E-state index contributed by atoms with van der Waals surface area (Å²) < 4.78 is 0. The number of rotatable bonds is 1. The molecule has 0 saturated carbocycles. The van der Waals surface area contributed by atoms with Gasteiger partial charge in [0.05, 0.1) is 4.99 Å². The Morgan fingerprint density at radius 1 is 1.73 bits per heavy atom. The molecule has 0 spiro atoms. The minimum Gasteiger partial charge on any atom is -0.393 e. The van der Waals surface area contributed by atoms with E-state index in [2.05, 4.69) is 0 Å². The van der Waals surface area contributed by atoms with Crippen molar-refractivity contribution in [3.63, 3.8) is 0 Å². The Morgan fingerprint density at radius 3 is 2.64 bits per heavy atom. The molecule has 0 aromatic heterocycles. The van der Waals surface area contributed by atoms with E-state index < -0.39 is 0 Å². The van der Waals surface area contributed by atoms with Gasteiger partial charge in [-0.05, 0) is 6.42 Å². The summed E-state index contributed by atoms with van der Waals surface area (Å²) in [6.45, 7) is 3.09. The molecular formula is C7H12N2OS. The third-order valence-electron chi connectivity index (χ3n) is 2.04. The molecule has 0 bridgehead atoms. The van der Waals surface area contributed by atoms with Crippen LogP contribution < -0.4 is 5.73 Å². The average Bonchev–Trinajstić information content (AvgIpc) is 2.33. The Balaban J connectivity index is 2.47. The second kappa shape index (κ2) is 3.17. The van der Waals surface area contributed by atoms with Crippen LogP contribution in [0.3, 0.4) is 0 Å². The lowest BCUT2D eigenvalue weighted by molar-refractivity contribution is -0.127. The second-order valence-electron chi connectivity index (χ2n) is 2.85. The van der Waals surface area contributed by atoms with Crippen LogP contribution in [-0.4, -0.2) is 28.9 Å². The summed E-state index contributed by atoms with van der Waals surface area (Å²) in [6, 6.07) is 0. The van der Waals surface area contributed by atoms with E-state index in [9.17, 15) is 4.79 Å². The van der Waals surface area contributed by atoms with Gasteiger partial charge in [0.1, 0.15) is 0 Å². The molecule has 0 aromatic rings. The highest BCUT2D eigenvalue weighted by Gasteiger charge is 2.25. The van der Waals surface area contributed by atoms with Crippen LogP contribution in [0, 0.1) is 5.92 Å². The summed E-state index contributed by atoms with van der Waals surface area (Å²) in [7, 11) is 0. The Kier molecular flexibility index (Phi) is 2.44. The monoisotopic (exact) mass is 172 g/mol. The highest BCUT2D eigenvalue weighted by molar-refractivity contribution is 7.80. The lowest BCUT2D eigenvalue weighted by atomic mass is 10.1. The zero-order chi connectivity index (χ0) is 8.43. The highest BCUT2D eigenvalue weighted by Crippen LogP contribution is 2.15. The van der Waals surface area contributed by atoms with E-state index in [0.717, 1.165) is 13.0 Å². The summed E-state index contributed by atoms with van der Waals surface area (Å²) in [5.74, 6) is 0.359. The quantitative estimate of drug-likeness (QED) is 0.572. The van der Waals surface area contributed by atoms with Gasteiger partial charge in [-0.15, -0.1) is 0 Å². The fraction of sp³-hybridized carbons (Fsp3) is 0.714. The van der Waals surface area contributed by atoms with Gasteiger partial charge in [-0.3, -0.25) is 4.79 Å². The van der Waals surface area contributed by atoms with E-state index >= 15 is 0 Å². The van der Waals surface area contributed by atoms with Gasteiger partial charge in [0, 0.05) is 25.9 Å². The minimum atomic E-state index is 0.115. The molecule has 1 heterocycles. The number of nitrogens with two attached hydrogens (primary N) is 1. The van der Waals surface area contributed by atoms with Crippen LogP contribution in [-0.2, 0) is 4.79 Å². The molecule has 1 aliphatic rings. The summed E-state index contributed by atoms with van der Waals surface area (Å²) in [5.41, 5.74) is 5.45. The molecule has 0 radical (unpaired) electrons. The fourth-order valence-corrected chi connectivity index (χ4v) is 1.47. The number of likely N-dealkylation sites (tertiary alicyclic amines) is 1. The van der Waals surface area contributed by atoms with E-state index in [-0.39, 0.29) is 11.8 Å². The molecule has 1 amide bonds. The smallest absolute Gasteiger partial charge is 0.219 e. The van der Waals surface area contributed by atoms with Crippen LogP contribution in [0.5, 0.6) is 0 Å². The van der Waals surface area contributed by atoms with Crippen molar-refractivity contribution in [2.24, 2.45) is 11.7 Å². The molecule has 3 nitrogen and oxygen atoms in total. The van der Waals surface area contributed by atoms with Crippen molar-refractivity contribution in [2.45, 2.75) is 13.3 Å². The SMILES string of the molecule is CC(=O)N1CC[C@@H](C(N)=S)C1. The standard InChI is InChI=1S/C7H12N2OS/c1-5(10)9-3-2-6(4-9)7(8)11/h6H,2-4H2,1H3,(H2,8,11)/t6-/m1/s1. The van der Waals surface area contributed by atoms with Crippen molar-refractivity contribution in [3.05, 3.63) is 0 Å². The maximum absolute atomic E-state index is 10.9. The lowest BCUT2D eigenvalue weighted by Crippen LogP contribution is -2.29. The number of thiocarbonyl (C=S) groups is 1. The summed E-state index contributed by atoms with van der Waals surface area (Å²) >= 11 is 4.83. The zero-order valence-corrected chi connectivity index (χ0v) is 7.36. The molecule has 1 atom stereocenters. The van der Waals surface area contributed by atoms with Gasteiger partial charge in [-0.25, -0.2) is 0 Å². The molecule has 0 aromatic carbocycles. The number of carbonyl (C=O) groups is 1. The molecular weight excluding hydrogens is 160 g/mol. The second-order valence-corrected chi connectivity index (χ2v) is 3.32. The maximum Gasteiger partial charge on any atom is 0.219 e. The van der Waals surface area contributed by atoms with Gasteiger partial charge < -0.3 is 10.6 Å². The van der Waals surface area contributed by atoms with E-state index in [1.807, 2.05) is 0 Å². The van der Waals surface area contributed by atoms with Gasteiger partial charge in [-0.2, -0.15) is 0 Å². The van der Waals surface area contributed by atoms with Crippen LogP contribution in [0.1, 0.15) is 13.3 Å². The van der Waals surface area contributed by atoms with Gasteiger partial charge >= 0.3 is 0 Å². The van der Waals surface area contributed by atoms with E-state index in [1.54, 1.807) is 11.8 Å². The number of nitrogens with zero attached hydrogens (tertiary/aromatic N) is 1. The lowest BCUT2D eigenvalue weighted by Gasteiger charge is -2.12. The number of hydrogen-bond acceptors (Lipinski definition) is 2. The molecule has 1 aliphatic heterocycles. The topological polar surface area (TPSA) is 46.3 Å². The maximum atomic E-state index is 10.9. The first-order chi connectivity index (χ1) is 5.11. The van der Waals surface area contributed by atoms with Crippen molar-refractivity contribution < 1.29 is 4.79 Å². The van der Waals surface area contributed by atoms with Gasteiger partial charge in [0.25, 0.3) is 0 Å².